The smallest absolute Gasteiger partial charge is 0.201 e. The molecule has 278 valence electrons. The summed E-state index contributed by atoms with van der Waals surface area (Å²) in [4.78, 5) is 0. The molecule has 0 radical (unpaired) electrons. The van der Waals surface area contributed by atoms with Crippen LogP contribution in [0.15, 0.2) is 79.0 Å². The molecule has 0 unspecified atom stereocenters. The van der Waals surface area contributed by atoms with Crippen molar-refractivity contribution >= 4 is 58.0 Å². The molecule has 0 N–H and O–H groups in total. The fourth-order valence-electron chi connectivity index (χ4n) is 8.58. The maximum absolute atomic E-state index is 10.4. The molecule has 5 heteroatoms. The number of thiophene rings is 1. The maximum Gasteiger partial charge on any atom is 0.214 e. The summed E-state index contributed by atoms with van der Waals surface area (Å²) < 4.78 is 14.4. The molecule has 1 aliphatic carbocycles. The van der Waals surface area contributed by atoms with Crippen LogP contribution in [-0.2, 0) is 7.05 Å². The summed E-state index contributed by atoms with van der Waals surface area (Å²) >= 11 is 1.84. The molecule has 2 nitrogen and oxygen atoms in total. The quantitative estimate of drug-likeness (QED) is 0.117. The minimum atomic E-state index is -1.80. The van der Waals surface area contributed by atoms with Gasteiger partial charge in [0.2, 0.25) is 5.69 Å². The normalized spacial score (nSPS) is 16.2. The molecule has 4 aromatic carbocycles. The molecule has 2 heterocycles. The third kappa shape index (κ3) is 7.07. The Kier molecular flexibility index (Phi) is 9.65. The Hall–Kier alpha value is -3.83. The van der Waals surface area contributed by atoms with Gasteiger partial charge in [-0.25, -0.2) is 4.57 Å². The monoisotopic (exact) mass is 764 g/mol. The van der Waals surface area contributed by atoms with Crippen molar-refractivity contribution in [3.63, 3.8) is 0 Å². The van der Waals surface area contributed by atoms with Crippen LogP contribution in [0.2, 0.25) is 39.3 Å². The Labute approximate surface area is 332 Å². The summed E-state index contributed by atoms with van der Waals surface area (Å²) in [7, 11) is -1.04. The van der Waals surface area contributed by atoms with Crippen molar-refractivity contribution in [1.29, 1.82) is 5.26 Å². The van der Waals surface area contributed by atoms with Crippen LogP contribution in [0.1, 0.15) is 88.8 Å². The molecule has 1 fully saturated rings. The first-order valence-electron chi connectivity index (χ1n) is 20.4. The zero-order chi connectivity index (χ0) is 39.8. The molecule has 0 atom stereocenters. The molecule has 1 saturated carbocycles. The van der Waals surface area contributed by atoms with Gasteiger partial charge in [0, 0.05) is 38.4 Å². The van der Waals surface area contributed by atoms with E-state index >= 15 is 0 Å². The van der Waals surface area contributed by atoms with Gasteiger partial charge in [-0.1, -0.05) is 133 Å². The second-order valence-corrected chi connectivity index (χ2v) is 30.2. The Morgan fingerprint density at radius 2 is 1.44 bits per heavy atom. The number of hydrogen-bond donors (Lipinski definition) is 0. The summed E-state index contributed by atoms with van der Waals surface area (Å²) in [5.41, 5.74) is 12.1. The number of fused-ring (bicyclic) bond motifs is 3. The highest BCUT2D eigenvalue weighted by molar-refractivity contribution is 7.27. The highest BCUT2D eigenvalue weighted by atomic mass is 32.1. The van der Waals surface area contributed by atoms with Crippen LogP contribution in [-0.4, -0.2) is 16.1 Å². The number of pyridine rings is 1. The second-order valence-electron chi connectivity index (χ2n) is 19.1. The van der Waals surface area contributed by atoms with Gasteiger partial charge in [0.05, 0.1) is 33.3 Å². The number of hydrogen-bond acceptors (Lipinski definition) is 2. The van der Waals surface area contributed by atoms with E-state index in [1.807, 2.05) is 17.4 Å². The number of aromatic nitrogens is 1. The predicted molar refractivity (Wildman–Crippen MR) is 241 cm³/mol. The van der Waals surface area contributed by atoms with Crippen molar-refractivity contribution < 1.29 is 5.94 Å². The molecule has 0 bridgehead atoms. The maximum atomic E-state index is 10.4. The van der Waals surface area contributed by atoms with Crippen LogP contribution >= 0.6 is 11.3 Å². The lowest BCUT2D eigenvalue weighted by atomic mass is 9.71. The van der Waals surface area contributed by atoms with Crippen LogP contribution in [0.25, 0.3) is 53.7 Å². The first-order valence-corrected chi connectivity index (χ1v) is 27.7. The van der Waals surface area contributed by atoms with Gasteiger partial charge in [-0.2, -0.15) is 5.26 Å². The largest absolute Gasteiger partial charge is 0.214 e. The summed E-state index contributed by atoms with van der Waals surface area (Å²) in [5.74, 6) is -0.201. The van der Waals surface area contributed by atoms with Gasteiger partial charge in [0.15, 0.2) is 6.20 Å². The van der Waals surface area contributed by atoms with Crippen LogP contribution in [0.5, 0.6) is 0 Å². The third-order valence-electron chi connectivity index (χ3n) is 12.1. The molecule has 2 aromatic heterocycles. The van der Waals surface area contributed by atoms with Crippen molar-refractivity contribution in [2.24, 2.45) is 12.5 Å². The van der Waals surface area contributed by atoms with Gasteiger partial charge in [-0.3, -0.25) is 0 Å². The molecule has 0 saturated heterocycles. The van der Waals surface area contributed by atoms with E-state index in [1.54, 1.807) is 0 Å². The van der Waals surface area contributed by atoms with E-state index in [4.69, 9.17) is 0 Å². The first-order chi connectivity index (χ1) is 25.7. The predicted octanol–water partition coefficient (Wildman–Crippen LogP) is 13.0. The fourth-order valence-corrected chi connectivity index (χ4v) is 12.8. The van der Waals surface area contributed by atoms with Crippen LogP contribution in [0, 0.1) is 23.7 Å². The van der Waals surface area contributed by atoms with Crippen LogP contribution < -0.4 is 14.9 Å². The van der Waals surface area contributed by atoms with Gasteiger partial charge >= 0.3 is 0 Å². The number of aryl methyl sites for hydroxylation is 2. The zero-order valence-electron chi connectivity index (χ0n) is 35.7. The van der Waals surface area contributed by atoms with Gasteiger partial charge in [-0.05, 0) is 89.3 Å². The molecule has 54 heavy (non-hydrogen) atoms. The SMILES string of the molecule is [2H]C1(c2ccc(-c3cc(-c4c(C)ccc5c4sc4c(-c6ccc([Si](C)(C)C)cc6)c(C#N)ccc45)[n+](C)cc3[Si](C)(C)C)c(C(C)C)c2)CCC(C)(C)CC1. The lowest BCUT2D eigenvalue weighted by Gasteiger charge is -2.35. The summed E-state index contributed by atoms with van der Waals surface area (Å²) in [6.45, 7) is 26.1. The third-order valence-corrected chi connectivity index (χ3v) is 17.4. The van der Waals surface area contributed by atoms with Gasteiger partial charge in [0.1, 0.15) is 7.05 Å². The molecule has 0 amide bonds. The standard InChI is InChI=1S/C49H59N2SSi2/c1-31(2)41-27-35(33-23-25-49(4,5)26-24-33)16-21-38(41)42-28-43(51(6)30-44(42)54(10,11)12)45-32(3)13-20-39-40-22-17-36(29-50)46(48(40)52-47(39)45)34-14-18-37(19-15-34)53(7,8)9/h13-22,27-28,30-31,33H,23-26H2,1-12H3/q+1/i33D. The van der Waals surface area contributed by atoms with E-state index < -0.39 is 22.0 Å². The highest BCUT2D eigenvalue weighted by Gasteiger charge is 2.32. The fraction of sp³-hybridized carbons (Fsp3) is 0.388. The van der Waals surface area contributed by atoms with Crippen LogP contribution in [0.3, 0.4) is 0 Å². The molecule has 7 rings (SSSR count). The summed E-state index contributed by atoms with van der Waals surface area (Å²) in [5, 5.41) is 15.7. The molecule has 0 spiro atoms. The lowest BCUT2D eigenvalue weighted by Crippen LogP contribution is -2.46. The second kappa shape index (κ2) is 14.0. The van der Waals surface area contributed by atoms with E-state index in [9.17, 15) is 6.63 Å². The van der Waals surface area contributed by atoms with Crippen molar-refractivity contribution in [2.75, 3.05) is 0 Å². The van der Waals surface area contributed by atoms with Crippen LogP contribution in [0.4, 0.5) is 0 Å². The number of rotatable bonds is 7. The first kappa shape index (κ1) is 37.1. The van der Waals surface area contributed by atoms with Crippen molar-refractivity contribution in [3.8, 4) is 39.6 Å². The Morgan fingerprint density at radius 1 is 0.815 bits per heavy atom. The number of nitriles is 1. The van der Waals surface area contributed by atoms with E-state index in [2.05, 4.69) is 165 Å². The zero-order valence-corrected chi connectivity index (χ0v) is 37.5. The highest BCUT2D eigenvalue weighted by Crippen LogP contribution is 2.47. The number of benzene rings is 4. The van der Waals surface area contributed by atoms with E-state index in [0.29, 0.717) is 11.3 Å². The van der Waals surface area contributed by atoms with Gasteiger partial charge < -0.3 is 0 Å². The summed E-state index contributed by atoms with van der Waals surface area (Å²) in [6.07, 6.45) is 6.46. The van der Waals surface area contributed by atoms with Gasteiger partial charge in [0.25, 0.3) is 0 Å². The molecule has 0 aliphatic heterocycles. The van der Waals surface area contributed by atoms with Crippen molar-refractivity contribution in [3.05, 3.63) is 101 Å². The van der Waals surface area contributed by atoms with E-state index in [0.717, 1.165) is 42.4 Å². The van der Waals surface area contributed by atoms with E-state index in [-0.39, 0.29) is 0 Å². The average Bonchev–Trinajstić information content (AvgIpc) is 3.50. The minimum Gasteiger partial charge on any atom is -0.201 e. The molecule has 1 aliphatic rings. The minimum absolute atomic E-state index is 0.321. The molecule has 6 aromatic rings. The Morgan fingerprint density at radius 3 is 2.04 bits per heavy atom. The summed E-state index contributed by atoms with van der Waals surface area (Å²) in [6, 6.07) is 29.8. The Balaban J connectivity index is 1.45. The van der Waals surface area contributed by atoms with Crippen molar-refractivity contribution in [2.45, 2.75) is 111 Å². The van der Waals surface area contributed by atoms with E-state index in [1.165, 1.54) is 69.6 Å². The topological polar surface area (TPSA) is 27.7 Å². The average molecular weight is 765 g/mol. The molecular weight excluding hydrogens is 705 g/mol. The van der Waals surface area contributed by atoms with Gasteiger partial charge in [-0.15, -0.1) is 11.3 Å². The van der Waals surface area contributed by atoms with Crippen molar-refractivity contribution in [1.82, 2.24) is 0 Å². The molecular formula is C49H59N2SSi2+. The Bertz CT molecular complexity index is 2500. The number of nitrogens with zero attached hydrogens (tertiary/aromatic N) is 2. The lowest BCUT2D eigenvalue weighted by molar-refractivity contribution is -0.659.